The van der Waals surface area contributed by atoms with Crippen molar-refractivity contribution in [3.8, 4) is 0 Å². The average Bonchev–Trinajstić information content (AvgIpc) is 2.97. The SMILES string of the molecule is CCNC(=NCC(O)c1ccc(Cl)s1)NCCCN(CC)S(C)(=O)=O.I. The van der Waals surface area contributed by atoms with E-state index in [2.05, 4.69) is 15.6 Å². The van der Waals surface area contributed by atoms with Crippen LogP contribution in [0.5, 0.6) is 0 Å². The summed E-state index contributed by atoms with van der Waals surface area (Å²) in [5.74, 6) is 0.589. The number of halogens is 2. The first kappa shape index (κ1) is 25.9. The summed E-state index contributed by atoms with van der Waals surface area (Å²) >= 11 is 7.20. The Morgan fingerprint density at radius 2 is 2.08 bits per heavy atom. The smallest absolute Gasteiger partial charge is 0.211 e. The maximum atomic E-state index is 11.5. The average molecular weight is 539 g/mol. The third-order valence-corrected chi connectivity index (χ3v) is 6.10. The topological polar surface area (TPSA) is 94.0 Å². The molecule has 11 heteroatoms. The molecule has 0 aliphatic rings. The minimum atomic E-state index is -3.16. The van der Waals surface area contributed by atoms with E-state index in [-0.39, 0.29) is 30.5 Å². The van der Waals surface area contributed by atoms with Crippen molar-refractivity contribution in [1.29, 1.82) is 0 Å². The number of rotatable bonds is 10. The second-order valence-corrected chi connectivity index (χ2v) is 9.14. The number of nitrogens with zero attached hydrogens (tertiary/aromatic N) is 2. The number of aliphatic imine (C=N–C) groups is 1. The molecule has 0 saturated carbocycles. The largest absolute Gasteiger partial charge is 0.386 e. The van der Waals surface area contributed by atoms with E-state index in [1.165, 1.54) is 21.9 Å². The van der Waals surface area contributed by atoms with Gasteiger partial charge in [0.15, 0.2) is 5.96 Å². The number of nitrogens with one attached hydrogen (secondary N) is 2. The minimum Gasteiger partial charge on any atom is -0.386 e. The van der Waals surface area contributed by atoms with E-state index in [9.17, 15) is 13.5 Å². The van der Waals surface area contributed by atoms with Gasteiger partial charge < -0.3 is 15.7 Å². The summed E-state index contributed by atoms with van der Waals surface area (Å²) in [7, 11) is -3.16. The fourth-order valence-electron chi connectivity index (χ4n) is 2.14. The highest BCUT2D eigenvalue weighted by Gasteiger charge is 2.13. The van der Waals surface area contributed by atoms with Crippen LogP contribution in [0.3, 0.4) is 0 Å². The lowest BCUT2D eigenvalue weighted by molar-refractivity contribution is 0.191. The predicted molar refractivity (Wildman–Crippen MR) is 120 cm³/mol. The van der Waals surface area contributed by atoms with E-state index in [0.717, 1.165) is 4.88 Å². The second kappa shape index (κ2) is 13.1. The molecule has 152 valence electrons. The van der Waals surface area contributed by atoms with Crippen molar-refractivity contribution in [2.24, 2.45) is 4.99 Å². The van der Waals surface area contributed by atoms with Crippen LogP contribution in [0, 0.1) is 0 Å². The van der Waals surface area contributed by atoms with E-state index < -0.39 is 16.1 Å². The number of guanidine groups is 1. The Balaban J connectivity index is 0.00000625. The quantitative estimate of drug-likeness (QED) is 0.184. The molecule has 1 aromatic heterocycles. The highest BCUT2D eigenvalue weighted by Crippen LogP contribution is 2.26. The Hall–Kier alpha value is -0.140. The molecule has 1 rings (SSSR count). The molecule has 0 aliphatic heterocycles. The maximum Gasteiger partial charge on any atom is 0.211 e. The first-order chi connectivity index (χ1) is 11.8. The Bertz CT molecular complexity index is 655. The molecule has 7 nitrogen and oxygen atoms in total. The van der Waals surface area contributed by atoms with Crippen molar-refractivity contribution >= 4 is 62.9 Å². The molecule has 1 atom stereocenters. The fraction of sp³-hybridized carbons (Fsp3) is 0.667. The number of aliphatic hydroxyl groups is 1. The third-order valence-electron chi connectivity index (χ3n) is 3.39. The molecule has 26 heavy (non-hydrogen) atoms. The summed E-state index contributed by atoms with van der Waals surface area (Å²) in [5.41, 5.74) is 0. The number of hydrogen-bond acceptors (Lipinski definition) is 5. The van der Waals surface area contributed by atoms with Gasteiger partial charge in [0.2, 0.25) is 10.0 Å². The Morgan fingerprint density at radius 3 is 2.58 bits per heavy atom. The van der Waals surface area contributed by atoms with Gasteiger partial charge in [0.25, 0.3) is 0 Å². The van der Waals surface area contributed by atoms with E-state index >= 15 is 0 Å². The first-order valence-electron chi connectivity index (χ1n) is 8.18. The lowest BCUT2D eigenvalue weighted by atomic mass is 10.3. The Kier molecular flexibility index (Phi) is 13.0. The number of hydrogen-bond donors (Lipinski definition) is 3. The molecule has 0 aliphatic carbocycles. The number of sulfonamides is 1. The molecule has 1 unspecified atom stereocenters. The van der Waals surface area contributed by atoms with Gasteiger partial charge in [-0.2, -0.15) is 0 Å². The summed E-state index contributed by atoms with van der Waals surface area (Å²) in [4.78, 5) is 5.14. The molecule has 0 saturated heterocycles. The molecular formula is C15H28ClIN4O3S2. The van der Waals surface area contributed by atoms with E-state index in [1.807, 2.05) is 13.8 Å². The normalized spacial score (nSPS) is 13.4. The molecule has 0 spiro atoms. The molecular weight excluding hydrogens is 511 g/mol. The van der Waals surface area contributed by atoms with Crippen LogP contribution < -0.4 is 10.6 Å². The fourth-order valence-corrected chi connectivity index (χ4v) is 4.11. The van der Waals surface area contributed by atoms with Gasteiger partial charge in [-0.3, -0.25) is 4.99 Å². The van der Waals surface area contributed by atoms with Gasteiger partial charge in [0, 0.05) is 31.1 Å². The monoisotopic (exact) mass is 538 g/mol. The van der Waals surface area contributed by atoms with Gasteiger partial charge >= 0.3 is 0 Å². The van der Waals surface area contributed by atoms with Crippen molar-refractivity contribution in [3.63, 3.8) is 0 Å². The van der Waals surface area contributed by atoms with Crippen LogP contribution >= 0.6 is 46.9 Å². The molecule has 1 heterocycles. The molecule has 0 aromatic carbocycles. The van der Waals surface area contributed by atoms with Crippen LogP contribution in [0.2, 0.25) is 4.34 Å². The third kappa shape index (κ3) is 9.70. The zero-order chi connectivity index (χ0) is 18.9. The summed E-state index contributed by atoms with van der Waals surface area (Å²) in [6.45, 7) is 6.18. The van der Waals surface area contributed by atoms with E-state index in [1.54, 1.807) is 12.1 Å². The van der Waals surface area contributed by atoms with Crippen molar-refractivity contribution in [1.82, 2.24) is 14.9 Å². The van der Waals surface area contributed by atoms with Crippen LogP contribution in [0.25, 0.3) is 0 Å². The molecule has 0 fully saturated rings. The van der Waals surface area contributed by atoms with Crippen molar-refractivity contribution in [2.75, 3.05) is 39.0 Å². The van der Waals surface area contributed by atoms with Gasteiger partial charge in [-0.15, -0.1) is 35.3 Å². The van der Waals surface area contributed by atoms with Crippen molar-refractivity contribution < 1.29 is 13.5 Å². The first-order valence-corrected chi connectivity index (χ1v) is 11.2. The molecule has 0 radical (unpaired) electrons. The van der Waals surface area contributed by atoms with Gasteiger partial charge in [0.05, 0.1) is 17.1 Å². The molecule has 0 amide bonds. The van der Waals surface area contributed by atoms with E-state index in [0.29, 0.717) is 42.9 Å². The predicted octanol–water partition coefficient (Wildman–Crippen LogP) is 2.28. The molecule has 3 N–H and O–H groups in total. The van der Waals surface area contributed by atoms with Gasteiger partial charge in [0.1, 0.15) is 6.10 Å². The highest BCUT2D eigenvalue weighted by molar-refractivity contribution is 14.0. The number of aliphatic hydroxyl groups excluding tert-OH is 1. The Morgan fingerprint density at radius 1 is 1.38 bits per heavy atom. The molecule has 0 bridgehead atoms. The summed E-state index contributed by atoms with van der Waals surface area (Å²) in [6.07, 6.45) is 1.18. The highest BCUT2D eigenvalue weighted by atomic mass is 127. The Labute approximate surface area is 182 Å². The minimum absolute atomic E-state index is 0. The lowest BCUT2D eigenvalue weighted by Gasteiger charge is -2.18. The van der Waals surface area contributed by atoms with Gasteiger partial charge in [-0.05, 0) is 25.5 Å². The van der Waals surface area contributed by atoms with Crippen LogP contribution in [-0.4, -0.2) is 62.8 Å². The summed E-state index contributed by atoms with van der Waals surface area (Å²) < 4.78 is 25.1. The summed E-state index contributed by atoms with van der Waals surface area (Å²) in [6, 6.07) is 3.54. The van der Waals surface area contributed by atoms with Crippen molar-refractivity contribution in [3.05, 3.63) is 21.3 Å². The second-order valence-electron chi connectivity index (χ2n) is 5.41. The van der Waals surface area contributed by atoms with Crippen LogP contribution in [0.1, 0.15) is 31.2 Å². The zero-order valence-corrected chi connectivity index (χ0v) is 20.0. The van der Waals surface area contributed by atoms with Crippen LogP contribution in [0.15, 0.2) is 17.1 Å². The van der Waals surface area contributed by atoms with E-state index in [4.69, 9.17) is 11.6 Å². The van der Waals surface area contributed by atoms with Gasteiger partial charge in [-0.1, -0.05) is 18.5 Å². The van der Waals surface area contributed by atoms with Crippen LogP contribution in [0.4, 0.5) is 0 Å². The summed E-state index contributed by atoms with van der Waals surface area (Å²) in [5, 5.41) is 16.4. The lowest BCUT2D eigenvalue weighted by Crippen LogP contribution is -2.39. The van der Waals surface area contributed by atoms with Crippen LogP contribution in [-0.2, 0) is 10.0 Å². The zero-order valence-electron chi connectivity index (χ0n) is 15.2. The number of thiophene rings is 1. The van der Waals surface area contributed by atoms with Crippen molar-refractivity contribution in [2.45, 2.75) is 26.4 Å². The maximum absolute atomic E-state index is 11.5. The van der Waals surface area contributed by atoms with Gasteiger partial charge in [-0.25, -0.2) is 12.7 Å². The standard InChI is InChI=1S/C15H27ClN4O3S2.HI/c1-4-17-15(18-9-6-10-20(5-2)25(3,22)23)19-11-12(21)13-7-8-14(16)24-13;/h7-8,12,21H,4-6,9-11H2,1-3H3,(H2,17,18,19);1H. The molecule has 1 aromatic rings.